The second-order valence-electron chi connectivity index (χ2n) is 8.65. The van der Waals surface area contributed by atoms with Crippen molar-refractivity contribution in [3.63, 3.8) is 0 Å². The van der Waals surface area contributed by atoms with Crippen LogP contribution in [0.2, 0.25) is 5.02 Å². The van der Waals surface area contributed by atoms with Crippen LogP contribution in [0, 0.1) is 0 Å². The molecule has 1 saturated heterocycles. The highest BCUT2D eigenvalue weighted by atomic mass is 35.5. The van der Waals surface area contributed by atoms with Crippen LogP contribution in [0.15, 0.2) is 47.5 Å². The van der Waals surface area contributed by atoms with Crippen molar-refractivity contribution in [3.8, 4) is 0 Å². The quantitative estimate of drug-likeness (QED) is 0.651. The SMILES string of the molecule is CC1=NC2(c3ccc(Cl)c(CN4CCCc5ccccc54)c3)O[C@H](CO)[C@@H](O)[C@H](O)C2O1. The zero-order valence-corrected chi connectivity index (χ0v) is 18.6. The third-order valence-electron chi connectivity index (χ3n) is 6.59. The second-order valence-corrected chi connectivity index (χ2v) is 9.05. The lowest BCUT2D eigenvalue weighted by Gasteiger charge is -2.44. The van der Waals surface area contributed by atoms with Gasteiger partial charge in [0.2, 0.25) is 5.72 Å². The highest BCUT2D eigenvalue weighted by molar-refractivity contribution is 6.31. The molecule has 8 heteroatoms. The number of benzene rings is 2. The number of fused-ring (bicyclic) bond motifs is 2. The Morgan fingerprint density at radius 3 is 2.81 bits per heavy atom. The van der Waals surface area contributed by atoms with E-state index in [1.54, 1.807) is 19.1 Å². The molecular weight excluding hydrogens is 432 g/mol. The molecule has 3 aliphatic rings. The number of aliphatic hydroxyl groups is 3. The van der Waals surface area contributed by atoms with Gasteiger partial charge < -0.3 is 29.7 Å². The lowest BCUT2D eigenvalue weighted by Crippen LogP contribution is -2.61. The fraction of sp³-hybridized carbons (Fsp3) is 0.458. The van der Waals surface area contributed by atoms with E-state index in [9.17, 15) is 15.3 Å². The van der Waals surface area contributed by atoms with E-state index < -0.39 is 36.7 Å². The number of nitrogens with zero attached hydrogens (tertiary/aromatic N) is 2. The van der Waals surface area contributed by atoms with E-state index in [2.05, 4.69) is 28.1 Å². The third kappa shape index (κ3) is 3.49. The molecule has 3 aliphatic heterocycles. The zero-order valence-electron chi connectivity index (χ0n) is 17.8. The number of aryl methyl sites for hydroxylation is 1. The first kappa shape index (κ1) is 21.7. The van der Waals surface area contributed by atoms with E-state index in [0.29, 0.717) is 23.0 Å². The summed E-state index contributed by atoms with van der Waals surface area (Å²) in [6.07, 6.45) is -2.33. The van der Waals surface area contributed by atoms with Gasteiger partial charge in [-0.3, -0.25) is 0 Å². The van der Waals surface area contributed by atoms with E-state index in [-0.39, 0.29) is 0 Å². The largest absolute Gasteiger partial charge is 0.469 e. The predicted molar refractivity (Wildman–Crippen MR) is 121 cm³/mol. The second kappa shape index (κ2) is 8.32. The lowest BCUT2D eigenvalue weighted by molar-refractivity contribution is -0.262. The lowest BCUT2D eigenvalue weighted by atomic mass is 9.86. The molecule has 3 N–H and O–H groups in total. The van der Waals surface area contributed by atoms with Gasteiger partial charge >= 0.3 is 0 Å². The van der Waals surface area contributed by atoms with Crippen LogP contribution in [-0.4, -0.2) is 58.8 Å². The highest BCUT2D eigenvalue weighted by Crippen LogP contribution is 2.45. The normalized spacial score (nSPS) is 31.5. The molecule has 5 atom stereocenters. The summed E-state index contributed by atoms with van der Waals surface area (Å²) in [5.41, 5.74) is 2.73. The molecule has 0 saturated carbocycles. The monoisotopic (exact) mass is 458 g/mol. The van der Waals surface area contributed by atoms with Crippen LogP contribution in [0.3, 0.4) is 0 Å². The van der Waals surface area contributed by atoms with Crippen LogP contribution in [0.25, 0.3) is 0 Å². The Morgan fingerprint density at radius 1 is 1.19 bits per heavy atom. The maximum Gasteiger partial charge on any atom is 0.228 e. The minimum absolute atomic E-state index is 0.348. The van der Waals surface area contributed by atoms with Gasteiger partial charge in [-0.2, -0.15) is 0 Å². The Balaban J connectivity index is 1.52. The molecule has 7 nitrogen and oxygen atoms in total. The van der Waals surface area contributed by atoms with Crippen molar-refractivity contribution < 1.29 is 24.8 Å². The van der Waals surface area contributed by atoms with Crippen molar-refractivity contribution in [2.45, 2.75) is 56.5 Å². The fourth-order valence-corrected chi connectivity index (χ4v) is 5.20. The number of aliphatic imine (C=N–C) groups is 1. The summed E-state index contributed by atoms with van der Waals surface area (Å²) < 4.78 is 11.9. The Hall–Kier alpha value is -2.16. The van der Waals surface area contributed by atoms with Crippen LogP contribution in [-0.2, 0) is 28.2 Å². The maximum absolute atomic E-state index is 10.7. The Morgan fingerprint density at radius 2 is 2.00 bits per heavy atom. The molecule has 0 amide bonds. The summed E-state index contributed by atoms with van der Waals surface area (Å²) in [5, 5.41) is 31.4. The van der Waals surface area contributed by atoms with Crippen molar-refractivity contribution in [3.05, 3.63) is 64.2 Å². The molecule has 2 unspecified atom stereocenters. The molecule has 5 rings (SSSR count). The number of halogens is 1. The molecule has 0 aliphatic carbocycles. The van der Waals surface area contributed by atoms with Crippen LogP contribution >= 0.6 is 11.6 Å². The molecule has 32 heavy (non-hydrogen) atoms. The molecule has 0 bridgehead atoms. The topological polar surface area (TPSA) is 94.8 Å². The maximum atomic E-state index is 10.7. The van der Waals surface area contributed by atoms with Gasteiger partial charge in [-0.15, -0.1) is 0 Å². The fourth-order valence-electron chi connectivity index (χ4n) is 5.02. The first-order chi connectivity index (χ1) is 15.4. The van der Waals surface area contributed by atoms with Crippen molar-refractivity contribution in [1.82, 2.24) is 0 Å². The average molecular weight is 459 g/mol. The van der Waals surface area contributed by atoms with Crippen molar-refractivity contribution in [2.24, 2.45) is 4.99 Å². The molecule has 2 aromatic rings. The summed E-state index contributed by atoms with van der Waals surface area (Å²) in [4.78, 5) is 6.90. The van der Waals surface area contributed by atoms with Gasteiger partial charge in [-0.25, -0.2) is 4.99 Å². The van der Waals surface area contributed by atoms with E-state index >= 15 is 0 Å². The molecule has 3 heterocycles. The molecule has 0 aromatic heterocycles. The molecular formula is C24H27ClN2O5. The van der Waals surface area contributed by atoms with Gasteiger partial charge in [0.25, 0.3) is 0 Å². The van der Waals surface area contributed by atoms with E-state index in [1.165, 1.54) is 11.3 Å². The predicted octanol–water partition coefficient (Wildman–Crippen LogP) is 2.38. The van der Waals surface area contributed by atoms with Gasteiger partial charge in [0, 0.05) is 36.3 Å². The third-order valence-corrected chi connectivity index (χ3v) is 6.95. The molecule has 170 valence electrons. The van der Waals surface area contributed by atoms with Crippen LogP contribution in [0.5, 0.6) is 0 Å². The minimum atomic E-state index is -1.37. The van der Waals surface area contributed by atoms with Crippen molar-refractivity contribution >= 4 is 23.2 Å². The number of hydrogen-bond acceptors (Lipinski definition) is 7. The number of para-hydroxylation sites is 1. The summed E-state index contributed by atoms with van der Waals surface area (Å²) >= 11 is 6.59. The van der Waals surface area contributed by atoms with Crippen molar-refractivity contribution in [2.75, 3.05) is 18.1 Å². The first-order valence-electron chi connectivity index (χ1n) is 10.9. The smallest absolute Gasteiger partial charge is 0.228 e. The van der Waals surface area contributed by atoms with E-state index in [1.807, 2.05) is 12.1 Å². The number of anilines is 1. The summed E-state index contributed by atoms with van der Waals surface area (Å²) in [6.45, 7) is 2.77. The van der Waals surface area contributed by atoms with E-state index in [4.69, 9.17) is 21.1 Å². The summed E-state index contributed by atoms with van der Waals surface area (Å²) in [7, 11) is 0. The number of hydrogen-bond donors (Lipinski definition) is 3. The van der Waals surface area contributed by atoms with Crippen molar-refractivity contribution in [1.29, 1.82) is 0 Å². The van der Waals surface area contributed by atoms with Crippen LogP contribution < -0.4 is 4.90 Å². The Labute approximate surface area is 191 Å². The number of ether oxygens (including phenoxy) is 2. The molecule has 1 fully saturated rings. The van der Waals surface area contributed by atoms with Gasteiger partial charge in [0.1, 0.15) is 18.3 Å². The first-order valence-corrected chi connectivity index (χ1v) is 11.3. The molecule has 0 spiro atoms. The van der Waals surface area contributed by atoms with Gasteiger partial charge in [-0.05, 0) is 42.2 Å². The Bertz CT molecular complexity index is 1050. The van der Waals surface area contributed by atoms with E-state index in [0.717, 1.165) is 24.9 Å². The number of aliphatic hydroxyl groups excluding tert-OH is 3. The minimum Gasteiger partial charge on any atom is -0.469 e. The Kier molecular flexibility index (Phi) is 5.63. The van der Waals surface area contributed by atoms with Crippen LogP contribution in [0.1, 0.15) is 30.0 Å². The average Bonchev–Trinajstić information content (AvgIpc) is 3.15. The number of rotatable bonds is 4. The zero-order chi connectivity index (χ0) is 22.5. The standard InChI is InChI=1S/C24H27ClN2O5/c1-14-26-24(23(31-14)22(30)21(29)20(13-28)32-24)17-8-9-18(25)16(11-17)12-27-10-4-6-15-5-2-3-7-19(15)27/h2-3,5,7-9,11,20-23,28-30H,4,6,10,12-13H2,1H3/t20-,21-,22+,23?,24?/m1/s1. The van der Waals surface area contributed by atoms with Crippen LogP contribution in [0.4, 0.5) is 5.69 Å². The molecule has 2 aromatic carbocycles. The summed E-state index contributed by atoms with van der Waals surface area (Å²) in [5.74, 6) is 0.348. The summed E-state index contributed by atoms with van der Waals surface area (Å²) in [6, 6.07) is 13.9. The van der Waals surface area contributed by atoms with Gasteiger partial charge in [-0.1, -0.05) is 35.9 Å². The van der Waals surface area contributed by atoms with Gasteiger partial charge in [0.15, 0.2) is 12.0 Å². The molecule has 0 radical (unpaired) electrons. The van der Waals surface area contributed by atoms with Gasteiger partial charge in [0.05, 0.1) is 6.61 Å². The highest BCUT2D eigenvalue weighted by Gasteiger charge is 2.59.